The Hall–Kier alpha value is -2.26. The van der Waals surface area contributed by atoms with Crippen LogP contribution in [0.5, 0.6) is 0 Å². The molecule has 2 amide bonds. The second-order valence-electron chi connectivity index (χ2n) is 7.46. The number of rotatable bonds is 7. The number of nitrogens with one attached hydrogen (secondary N) is 1. The van der Waals surface area contributed by atoms with Gasteiger partial charge in [0.25, 0.3) is 5.56 Å². The van der Waals surface area contributed by atoms with Gasteiger partial charge < -0.3 is 10.2 Å². The molecule has 0 saturated carbocycles. The van der Waals surface area contributed by atoms with E-state index >= 15 is 0 Å². The average molecular weight is 420 g/mol. The lowest BCUT2D eigenvalue weighted by Gasteiger charge is -2.34. The molecule has 0 radical (unpaired) electrons. The first-order valence-electron chi connectivity index (χ1n) is 10.1. The molecule has 1 aliphatic rings. The maximum Gasteiger partial charge on any atom is 0.262 e. The van der Waals surface area contributed by atoms with Crippen molar-refractivity contribution >= 4 is 33.4 Å². The van der Waals surface area contributed by atoms with E-state index in [-0.39, 0.29) is 23.8 Å². The van der Waals surface area contributed by atoms with Gasteiger partial charge in [-0.25, -0.2) is 4.98 Å². The van der Waals surface area contributed by atoms with E-state index in [4.69, 9.17) is 0 Å². The lowest BCUT2D eigenvalue weighted by Crippen LogP contribution is -2.51. The van der Waals surface area contributed by atoms with Gasteiger partial charge in [0.15, 0.2) is 0 Å². The predicted molar refractivity (Wildman–Crippen MR) is 114 cm³/mol. The van der Waals surface area contributed by atoms with Crippen molar-refractivity contribution in [3.8, 4) is 0 Å². The van der Waals surface area contributed by atoms with Gasteiger partial charge in [-0.1, -0.05) is 6.92 Å². The van der Waals surface area contributed by atoms with E-state index in [1.807, 2.05) is 25.7 Å². The Morgan fingerprint density at radius 2 is 1.93 bits per heavy atom. The third-order valence-corrected chi connectivity index (χ3v) is 6.50. The molecule has 1 fully saturated rings. The quantitative estimate of drug-likeness (QED) is 0.727. The highest BCUT2D eigenvalue weighted by atomic mass is 32.1. The summed E-state index contributed by atoms with van der Waals surface area (Å²) in [5, 5.41) is 3.54. The first kappa shape index (κ1) is 21.4. The van der Waals surface area contributed by atoms with Crippen LogP contribution in [-0.4, -0.2) is 70.4 Å². The molecule has 2 aromatic heterocycles. The molecular formula is C20H29N5O3S. The number of amides is 2. The third-order valence-electron chi connectivity index (χ3n) is 5.39. The first-order chi connectivity index (χ1) is 13.9. The summed E-state index contributed by atoms with van der Waals surface area (Å²) in [6.45, 7) is 9.94. The van der Waals surface area contributed by atoms with Gasteiger partial charge in [0.2, 0.25) is 11.8 Å². The van der Waals surface area contributed by atoms with Crippen molar-refractivity contribution in [3.05, 3.63) is 27.1 Å². The predicted octanol–water partition coefficient (Wildman–Crippen LogP) is 1.14. The minimum absolute atomic E-state index is 0.0327. The van der Waals surface area contributed by atoms with Crippen LogP contribution >= 0.6 is 11.3 Å². The number of aryl methyl sites for hydroxylation is 3. The number of nitrogens with zero attached hydrogens (tertiary/aromatic N) is 4. The largest absolute Gasteiger partial charge is 0.355 e. The molecule has 1 aliphatic heterocycles. The normalized spacial score (nSPS) is 15.1. The van der Waals surface area contributed by atoms with Crippen LogP contribution in [0.1, 0.15) is 30.2 Å². The minimum Gasteiger partial charge on any atom is -0.355 e. The standard InChI is InChI=1S/C20H29N5O3S/c1-4-6-21-16(26)12-23-8-10-24(11-9-23)17(27)5-7-25-13-22-19-18(20(25)28)14(2)15(3)29-19/h13H,4-12H2,1-3H3,(H,21,26). The van der Waals surface area contributed by atoms with E-state index in [0.717, 1.165) is 21.7 Å². The van der Waals surface area contributed by atoms with Gasteiger partial charge in [-0.3, -0.25) is 23.9 Å². The fraction of sp³-hybridized carbons (Fsp3) is 0.600. The Kier molecular flexibility index (Phi) is 7.02. The highest BCUT2D eigenvalue weighted by molar-refractivity contribution is 7.18. The molecule has 1 N–H and O–H groups in total. The molecule has 158 valence electrons. The van der Waals surface area contributed by atoms with E-state index in [1.165, 1.54) is 15.9 Å². The van der Waals surface area contributed by atoms with Crippen LogP contribution in [-0.2, 0) is 16.1 Å². The monoisotopic (exact) mass is 419 g/mol. The van der Waals surface area contributed by atoms with Crippen molar-refractivity contribution in [1.29, 1.82) is 0 Å². The molecular weight excluding hydrogens is 390 g/mol. The molecule has 0 unspecified atom stereocenters. The Morgan fingerprint density at radius 1 is 1.21 bits per heavy atom. The van der Waals surface area contributed by atoms with Gasteiger partial charge in [-0.15, -0.1) is 11.3 Å². The Bertz CT molecular complexity index is 943. The van der Waals surface area contributed by atoms with E-state index in [9.17, 15) is 14.4 Å². The van der Waals surface area contributed by atoms with E-state index in [2.05, 4.69) is 15.2 Å². The number of fused-ring (bicyclic) bond motifs is 1. The van der Waals surface area contributed by atoms with Crippen LogP contribution < -0.4 is 10.9 Å². The number of carbonyl (C=O) groups excluding carboxylic acids is 2. The molecule has 3 rings (SSSR count). The van der Waals surface area contributed by atoms with Crippen molar-refractivity contribution in [1.82, 2.24) is 24.7 Å². The summed E-state index contributed by atoms with van der Waals surface area (Å²) in [5.41, 5.74) is 0.898. The summed E-state index contributed by atoms with van der Waals surface area (Å²) in [6, 6.07) is 0. The van der Waals surface area contributed by atoms with Crippen LogP contribution in [0.4, 0.5) is 0 Å². The highest BCUT2D eigenvalue weighted by Gasteiger charge is 2.22. The number of aromatic nitrogens is 2. The van der Waals surface area contributed by atoms with Crippen molar-refractivity contribution in [2.45, 2.75) is 40.2 Å². The summed E-state index contributed by atoms with van der Waals surface area (Å²) in [7, 11) is 0. The van der Waals surface area contributed by atoms with Crippen molar-refractivity contribution in [2.75, 3.05) is 39.3 Å². The number of hydrogen-bond acceptors (Lipinski definition) is 6. The molecule has 9 heteroatoms. The fourth-order valence-electron chi connectivity index (χ4n) is 3.48. The molecule has 0 aliphatic carbocycles. The zero-order valence-corrected chi connectivity index (χ0v) is 18.2. The number of piperazine rings is 1. The van der Waals surface area contributed by atoms with E-state index < -0.39 is 0 Å². The Balaban J connectivity index is 1.51. The van der Waals surface area contributed by atoms with Gasteiger partial charge in [-0.05, 0) is 25.8 Å². The van der Waals surface area contributed by atoms with Crippen molar-refractivity contribution < 1.29 is 9.59 Å². The summed E-state index contributed by atoms with van der Waals surface area (Å²) >= 11 is 1.52. The zero-order valence-electron chi connectivity index (χ0n) is 17.4. The van der Waals surface area contributed by atoms with Crippen LogP contribution in [0.15, 0.2) is 11.1 Å². The maximum absolute atomic E-state index is 12.7. The molecule has 0 atom stereocenters. The summed E-state index contributed by atoms with van der Waals surface area (Å²) < 4.78 is 1.54. The van der Waals surface area contributed by atoms with Crippen LogP contribution in [0.2, 0.25) is 0 Å². The van der Waals surface area contributed by atoms with Crippen molar-refractivity contribution in [2.24, 2.45) is 0 Å². The lowest BCUT2D eigenvalue weighted by molar-refractivity contribution is -0.133. The maximum atomic E-state index is 12.7. The van der Waals surface area contributed by atoms with Gasteiger partial charge >= 0.3 is 0 Å². The summed E-state index contributed by atoms with van der Waals surface area (Å²) in [6.07, 6.45) is 2.73. The van der Waals surface area contributed by atoms with Crippen molar-refractivity contribution in [3.63, 3.8) is 0 Å². The SMILES string of the molecule is CCCNC(=O)CN1CCN(C(=O)CCn2cnc3sc(C)c(C)c3c2=O)CC1. The molecule has 3 heterocycles. The van der Waals surface area contributed by atoms with Gasteiger partial charge in [0.05, 0.1) is 18.3 Å². The second kappa shape index (κ2) is 9.49. The molecule has 0 spiro atoms. The number of thiophene rings is 1. The van der Waals surface area contributed by atoms with Crippen LogP contribution in [0.3, 0.4) is 0 Å². The molecule has 2 aromatic rings. The molecule has 0 bridgehead atoms. The number of carbonyl (C=O) groups is 2. The Morgan fingerprint density at radius 3 is 2.62 bits per heavy atom. The minimum atomic E-state index is -0.0763. The topological polar surface area (TPSA) is 87.5 Å². The average Bonchev–Trinajstić information content (AvgIpc) is 3.00. The van der Waals surface area contributed by atoms with Crippen LogP contribution in [0, 0.1) is 13.8 Å². The van der Waals surface area contributed by atoms with E-state index in [1.54, 1.807) is 6.33 Å². The Labute approximate surface area is 174 Å². The molecule has 0 aromatic carbocycles. The number of hydrogen-bond donors (Lipinski definition) is 1. The molecule has 29 heavy (non-hydrogen) atoms. The van der Waals surface area contributed by atoms with Crippen LogP contribution in [0.25, 0.3) is 10.2 Å². The first-order valence-corrected chi connectivity index (χ1v) is 10.9. The smallest absolute Gasteiger partial charge is 0.262 e. The molecule has 1 saturated heterocycles. The van der Waals surface area contributed by atoms with Gasteiger partial charge in [0.1, 0.15) is 4.83 Å². The second-order valence-corrected chi connectivity index (χ2v) is 8.67. The zero-order chi connectivity index (χ0) is 21.0. The highest BCUT2D eigenvalue weighted by Crippen LogP contribution is 2.25. The molecule has 8 nitrogen and oxygen atoms in total. The summed E-state index contributed by atoms with van der Waals surface area (Å²) in [5.74, 6) is 0.0677. The van der Waals surface area contributed by atoms with Gasteiger partial charge in [0, 0.05) is 50.6 Å². The lowest BCUT2D eigenvalue weighted by atomic mass is 10.2. The third kappa shape index (κ3) is 5.02. The van der Waals surface area contributed by atoms with E-state index in [0.29, 0.717) is 51.2 Å². The summed E-state index contributed by atoms with van der Waals surface area (Å²) in [4.78, 5) is 47.3. The fourth-order valence-corrected chi connectivity index (χ4v) is 4.47. The van der Waals surface area contributed by atoms with Gasteiger partial charge in [-0.2, -0.15) is 0 Å².